The van der Waals surface area contributed by atoms with Gasteiger partial charge in [-0.3, -0.25) is 4.79 Å². The molecule has 2 aliphatic rings. The average molecular weight is 404 g/mol. The SMILES string of the molecule is O=c1cc(NCC2CCCO2)n2c(c1)-c1ccc(CCOCC(F)F)cc1CC2. The fourth-order valence-corrected chi connectivity index (χ4v) is 4.08. The van der Waals surface area contributed by atoms with Gasteiger partial charge in [-0.05, 0) is 36.8 Å². The van der Waals surface area contributed by atoms with E-state index in [-0.39, 0.29) is 18.1 Å². The van der Waals surface area contributed by atoms with Crippen molar-refractivity contribution in [2.75, 3.05) is 31.7 Å². The fraction of sp³-hybridized carbons (Fsp3) is 0.500. The predicted octanol–water partition coefficient (Wildman–Crippen LogP) is 3.49. The maximum Gasteiger partial charge on any atom is 0.261 e. The van der Waals surface area contributed by atoms with Gasteiger partial charge in [-0.1, -0.05) is 18.2 Å². The van der Waals surface area contributed by atoms with E-state index in [2.05, 4.69) is 16.0 Å². The second-order valence-corrected chi connectivity index (χ2v) is 7.59. The lowest BCUT2D eigenvalue weighted by Crippen LogP contribution is -2.25. The van der Waals surface area contributed by atoms with Gasteiger partial charge in [0.25, 0.3) is 6.43 Å². The van der Waals surface area contributed by atoms with Gasteiger partial charge in [-0.25, -0.2) is 8.78 Å². The summed E-state index contributed by atoms with van der Waals surface area (Å²) in [4.78, 5) is 12.3. The molecule has 0 spiro atoms. The minimum atomic E-state index is -2.43. The maximum atomic E-state index is 12.3. The van der Waals surface area contributed by atoms with Crippen LogP contribution < -0.4 is 10.7 Å². The van der Waals surface area contributed by atoms with E-state index in [1.54, 1.807) is 12.1 Å². The Morgan fingerprint density at radius 3 is 2.97 bits per heavy atom. The van der Waals surface area contributed by atoms with E-state index in [4.69, 9.17) is 9.47 Å². The molecule has 5 nitrogen and oxygen atoms in total. The molecule has 1 unspecified atom stereocenters. The highest BCUT2D eigenvalue weighted by molar-refractivity contribution is 5.68. The van der Waals surface area contributed by atoms with Crippen LogP contribution in [-0.2, 0) is 28.9 Å². The Morgan fingerprint density at radius 1 is 1.28 bits per heavy atom. The highest BCUT2D eigenvalue weighted by Gasteiger charge is 2.20. The number of hydrogen-bond acceptors (Lipinski definition) is 4. The summed E-state index contributed by atoms with van der Waals surface area (Å²) in [5.74, 6) is 0.832. The van der Waals surface area contributed by atoms with E-state index in [1.807, 2.05) is 12.1 Å². The number of ether oxygens (including phenoxy) is 2. The van der Waals surface area contributed by atoms with E-state index >= 15 is 0 Å². The molecule has 1 aromatic carbocycles. The molecule has 3 heterocycles. The van der Waals surface area contributed by atoms with Crippen LogP contribution in [0.2, 0.25) is 0 Å². The number of aromatic nitrogens is 1. The lowest BCUT2D eigenvalue weighted by atomic mass is 9.94. The number of pyridine rings is 1. The van der Waals surface area contributed by atoms with E-state index in [0.717, 1.165) is 55.1 Å². The van der Waals surface area contributed by atoms with Crippen molar-refractivity contribution in [2.45, 2.75) is 44.8 Å². The number of aryl methyl sites for hydroxylation is 1. The zero-order chi connectivity index (χ0) is 20.2. The number of anilines is 1. The molecular formula is C22H26F2N2O3. The molecule has 1 N–H and O–H groups in total. The van der Waals surface area contributed by atoms with Crippen LogP contribution in [0.4, 0.5) is 14.6 Å². The summed E-state index contributed by atoms with van der Waals surface area (Å²) >= 11 is 0. The highest BCUT2D eigenvalue weighted by Crippen LogP contribution is 2.31. The second-order valence-electron chi connectivity index (χ2n) is 7.59. The van der Waals surface area contributed by atoms with Crippen molar-refractivity contribution in [3.63, 3.8) is 0 Å². The van der Waals surface area contributed by atoms with E-state index in [0.29, 0.717) is 13.0 Å². The maximum absolute atomic E-state index is 12.3. The van der Waals surface area contributed by atoms with Crippen LogP contribution in [0.5, 0.6) is 0 Å². The number of alkyl halides is 2. The first-order valence-electron chi connectivity index (χ1n) is 10.2. The van der Waals surface area contributed by atoms with Crippen molar-refractivity contribution < 1.29 is 18.3 Å². The molecule has 29 heavy (non-hydrogen) atoms. The van der Waals surface area contributed by atoms with Crippen molar-refractivity contribution in [1.82, 2.24) is 4.57 Å². The summed E-state index contributed by atoms with van der Waals surface area (Å²) in [6.07, 6.45) is 1.34. The molecular weight excluding hydrogens is 378 g/mol. The predicted molar refractivity (Wildman–Crippen MR) is 108 cm³/mol. The summed E-state index contributed by atoms with van der Waals surface area (Å²) in [5.41, 5.74) is 4.16. The van der Waals surface area contributed by atoms with Crippen LogP contribution in [0.15, 0.2) is 35.1 Å². The standard InChI is InChI=1S/C22H26F2N2O3/c23-21(24)14-28-9-6-15-3-4-19-16(10-15)5-7-26-20(19)11-17(27)12-22(26)25-13-18-2-1-8-29-18/h3-4,10-12,18,21,25H,1-2,5-9,13-14H2. The molecule has 0 bridgehead atoms. The van der Waals surface area contributed by atoms with Crippen molar-refractivity contribution in [3.05, 3.63) is 51.7 Å². The summed E-state index contributed by atoms with van der Waals surface area (Å²) in [7, 11) is 0. The number of fused-ring (bicyclic) bond motifs is 3. The first-order valence-corrected chi connectivity index (χ1v) is 10.2. The molecule has 156 valence electrons. The number of rotatable bonds is 8. The molecule has 1 aromatic heterocycles. The van der Waals surface area contributed by atoms with Crippen LogP contribution in [0.25, 0.3) is 11.3 Å². The number of nitrogens with one attached hydrogen (secondary N) is 1. The largest absolute Gasteiger partial charge is 0.376 e. The Labute approximate surface area is 168 Å². The van der Waals surface area contributed by atoms with Crippen molar-refractivity contribution in [1.29, 1.82) is 0 Å². The Hall–Kier alpha value is -2.25. The summed E-state index contributed by atoms with van der Waals surface area (Å²) in [6, 6.07) is 9.43. The summed E-state index contributed by atoms with van der Waals surface area (Å²) in [5, 5.41) is 3.40. The third-order valence-electron chi connectivity index (χ3n) is 5.50. The molecule has 2 aromatic rings. The van der Waals surface area contributed by atoms with E-state index in [1.165, 1.54) is 5.56 Å². The van der Waals surface area contributed by atoms with Gasteiger partial charge in [0.1, 0.15) is 12.4 Å². The van der Waals surface area contributed by atoms with Gasteiger partial charge in [-0.2, -0.15) is 0 Å². The zero-order valence-electron chi connectivity index (χ0n) is 16.3. The minimum Gasteiger partial charge on any atom is -0.376 e. The number of halogens is 2. The lowest BCUT2D eigenvalue weighted by molar-refractivity contribution is 0.0187. The van der Waals surface area contributed by atoms with Crippen LogP contribution >= 0.6 is 0 Å². The molecule has 4 rings (SSSR count). The van der Waals surface area contributed by atoms with Gasteiger partial charge in [-0.15, -0.1) is 0 Å². The number of hydrogen-bond donors (Lipinski definition) is 1. The molecule has 7 heteroatoms. The Balaban J connectivity index is 1.50. The Kier molecular flexibility index (Phi) is 6.25. The highest BCUT2D eigenvalue weighted by atomic mass is 19.3. The molecule has 0 amide bonds. The third-order valence-corrected chi connectivity index (χ3v) is 5.50. The zero-order valence-corrected chi connectivity index (χ0v) is 16.3. The smallest absolute Gasteiger partial charge is 0.261 e. The third kappa shape index (κ3) is 4.85. The second kappa shape index (κ2) is 9.05. The summed E-state index contributed by atoms with van der Waals surface area (Å²) < 4.78 is 37.2. The monoisotopic (exact) mass is 404 g/mol. The molecule has 0 saturated carbocycles. The first kappa shape index (κ1) is 20.0. The van der Waals surface area contributed by atoms with Gasteiger partial charge in [0.15, 0.2) is 5.43 Å². The van der Waals surface area contributed by atoms with Crippen LogP contribution in [0.3, 0.4) is 0 Å². The topological polar surface area (TPSA) is 52.5 Å². The molecule has 0 radical (unpaired) electrons. The van der Waals surface area contributed by atoms with Gasteiger partial charge in [0.05, 0.1) is 18.4 Å². The van der Waals surface area contributed by atoms with Crippen molar-refractivity contribution in [3.8, 4) is 11.3 Å². The van der Waals surface area contributed by atoms with Crippen LogP contribution in [0.1, 0.15) is 24.0 Å². The van der Waals surface area contributed by atoms with Gasteiger partial charge in [0, 0.05) is 37.4 Å². The molecule has 1 atom stereocenters. The number of benzene rings is 1. The fourth-order valence-electron chi connectivity index (χ4n) is 4.08. The van der Waals surface area contributed by atoms with Gasteiger partial charge >= 0.3 is 0 Å². The lowest BCUT2D eigenvalue weighted by Gasteiger charge is -2.26. The molecule has 1 saturated heterocycles. The molecule has 1 fully saturated rings. The average Bonchev–Trinajstić information content (AvgIpc) is 3.22. The first-order chi connectivity index (χ1) is 14.1. The normalized spacial score (nSPS) is 18.0. The number of nitrogens with zero attached hydrogens (tertiary/aromatic N) is 1. The van der Waals surface area contributed by atoms with Gasteiger partial charge in [0.2, 0.25) is 0 Å². The quantitative estimate of drug-likeness (QED) is 0.685. The van der Waals surface area contributed by atoms with E-state index in [9.17, 15) is 13.6 Å². The van der Waals surface area contributed by atoms with Crippen LogP contribution in [-0.4, -0.2) is 43.5 Å². The Bertz CT molecular complexity index is 907. The van der Waals surface area contributed by atoms with Crippen molar-refractivity contribution in [2.24, 2.45) is 0 Å². The van der Waals surface area contributed by atoms with E-state index < -0.39 is 13.0 Å². The van der Waals surface area contributed by atoms with Gasteiger partial charge < -0.3 is 19.4 Å². The molecule has 2 aliphatic heterocycles. The minimum absolute atomic E-state index is 0.0246. The van der Waals surface area contributed by atoms with Crippen molar-refractivity contribution >= 4 is 5.82 Å². The Morgan fingerprint density at radius 2 is 2.17 bits per heavy atom. The summed E-state index contributed by atoms with van der Waals surface area (Å²) in [6.45, 7) is 2.04. The van der Waals surface area contributed by atoms with Crippen LogP contribution in [0, 0.1) is 0 Å². The molecule has 0 aliphatic carbocycles.